The third-order valence-corrected chi connectivity index (χ3v) is 5.32. The van der Waals surface area contributed by atoms with Crippen molar-refractivity contribution in [2.75, 3.05) is 13.7 Å². The number of rotatable bonds is 9. The Morgan fingerprint density at radius 3 is 2.71 bits per heavy atom. The number of methoxy groups -OCH3 is 1. The summed E-state index contributed by atoms with van der Waals surface area (Å²) in [5.74, 6) is -1.83. The predicted molar refractivity (Wildman–Crippen MR) is 107 cm³/mol. The molecule has 0 unspecified atom stereocenters. The first kappa shape index (κ1) is 21.6. The van der Waals surface area contributed by atoms with Crippen molar-refractivity contribution in [1.29, 1.82) is 0 Å². The van der Waals surface area contributed by atoms with Crippen LogP contribution in [0.15, 0.2) is 17.0 Å². The zero-order chi connectivity index (χ0) is 20.8. The third kappa shape index (κ3) is 5.20. The molecular weight excluding hydrogens is 408 g/mol. The number of amides is 1. The standard InChI is InChI=1S/C17H18N2O7S2/c1-26-12-8-10(7-11(15(12)22)19(24)25)9-13-16(23)18(17(27)28-13)6-4-2-3-5-14(20)21/h7-9,22H,2-6H2,1H3,(H,20,21). The van der Waals surface area contributed by atoms with Crippen molar-refractivity contribution < 1.29 is 29.5 Å². The average Bonchev–Trinajstić information content (AvgIpc) is 2.89. The molecule has 9 nitrogen and oxygen atoms in total. The van der Waals surface area contributed by atoms with Crippen LogP contribution in [0.5, 0.6) is 11.5 Å². The second-order valence-corrected chi connectivity index (χ2v) is 7.56. The van der Waals surface area contributed by atoms with Gasteiger partial charge in [0, 0.05) is 19.0 Å². The fourth-order valence-electron chi connectivity index (χ4n) is 2.56. The first-order chi connectivity index (χ1) is 13.2. The van der Waals surface area contributed by atoms with Crippen molar-refractivity contribution >= 4 is 51.9 Å². The summed E-state index contributed by atoms with van der Waals surface area (Å²) in [5, 5.41) is 29.6. The maximum absolute atomic E-state index is 12.6. The summed E-state index contributed by atoms with van der Waals surface area (Å²) in [6.45, 7) is 0.376. The highest BCUT2D eigenvalue weighted by Crippen LogP contribution is 2.39. The fourth-order valence-corrected chi connectivity index (χ4v) is 3.87. The number of carbonyl (C=O) groups excluding carboxylic acids is 1. The highest BCUT2D eigenvalue weighted by atomic mass is 32.2. The largest absolute Gasteiger partial charge is 0.500 e. The fraction of sp³-hybridized carbons (Fsp3) is 0.353. The van der Waals surface area contributed by atoms with E-state index in [2.05, 4.69) is 0 Å². The number of benzene rings is 1. The van der Waals surface area contributed by atoms with E-state index >= 15 is 0 Å². The van der Waals surface area contributed by atoms with Crippen molar-refractivity contribution in [1.82, 2.24) is 4.90 Å². The van der Waals surface area contributed by atoms with Gasteiger partial charge in [-0.15, -0.1) is 0 Å². The van der Waals surface area contributed by atoms with E-state index in [-0.39, 0.29) is 18.1 Å². The highest BCUT2D eigenvalue weighted by Gasteiger charge is 2.32. The number of aromatic hydroxyl groups is 1. The lowest BCUT2D eigenvalue weighted by atomic mass is 10.1. The molecule has 1 aromatic rings. The molecule has 0 aromatic heterocycles. The summed E-state index contributed by atoms with van der Waals surface area (Å²) in [7, 11) is 1.27. The molecular formula is C17H18N2O7S2. The van der Waals surface area contributed by atoms with Crippen LogP contribution in [0, 0.1) is 10.1 Å². The number of carbonyl (C=O) groups is 2. The summed E-state index contributed by atoms with van der Waals surface area (Å²) >= 11 is 6.31. The van der Waals surface area contributed by atoms with Crippen LogP contribution in [0.3, 0.4) is 0 Å². The molecule has 0 spiro atoms. The van der Waals surface area contributed by atoms with Gasteiger partial charge in [-0.3, -0.25) is 24.6 Å². The van der Waals surface area contributed by atoms with Crippen LogP contribution in [0.2, 0.25) is 0 Å². The molecule has 0 atom stereocenters. The Labute approximate surface area is 170 Å². The number of nitro benzene ring substituents is 1. The number of phenolic OH excluding ortho intramolecular Hbond substituents is 1. The van der Waals surface area contributed by atoms with Gasteiger partial charge in [0.15, 0.2) is 5.75 Å². The number of unbranched alkanes of at least 4 members (excludes halogenated alkanes) is 2. The molecule has 1 saturated heterocycles. The zero-order valence-corrected chi connectivity index (χ0v) is 16.5. The van der Waals surface area contributed by atoms with Crippen LogP contribution < -0.4 is 4.74 Å². The molecule has 1 aliphatic rings. The maximum atomic E-state index is 12.6. The Morgan fingerprint density at radius 2 is 2.11 bits per heavy atom. The lowest BCUT2D eigenvalue weighted by molar-refractivity contribution is -0.386. The van der Waals surface area contributed by atoms with Crippen LogP contribution in [-0.2, 0) is 9.59 Å². The summed E-state index contributed by atoms with van der Waals surface area (Å²) in [6, 6.07) is 2.54. The number of nitro groups is 1. The van der Waals surface area contributed by atoms with Crippen LogP contribution in [0.4, 0.5) is 5.69 Å². The van der Waals surface area contributed by atoms with E-state index < -0.39 is 22.3 Å². The van der Waals surface area contributed by atoms with E-state index in [4.69, 9.17) is 22.1 Å². The first-order valence-corrected chi connectivity index (χ1v) is 9.49. The third-order valence-electron chi connectivity index (χ3n) is 3.94. The summed E-state index contributed by atoms with van der Waals surface area (Å²) in [6.07, 6.45) is 3.34. The van der Waals surface area contributed by atoms with E-state index in [0.29, 0.717) is 40.6 Å². The van der Waals surface area contributed by atoms with Crippen LogP contribution in [-0.4, -0.2) is 49.9 Å². The topological polar surface area (TPSA) is 130 Å². The molecule has 0 aliphatic carbocycles. The minimum absolute atomic E-state index is 0.0747. The Kier molecular flexibility index (Phi) is 7.35. The molecule has 1 heterocycles. The number of ether oxygens (including phenoxy) is 1. The second kappa shape index (κ2) is 9.51. The van der Waals surface area contributed by atoms with Gasteiger partial charge in [0.25, 0.3) is 5.91 Å². The van der Waals surface area contributed by atoms with Gasteiger partial charge in [-0.1, -0.05) is 30.4 Å². The van der Waals surface area contributed by atoms with Crippen molar-refractivity contribution in [2.45, 2.75) is 25.7 Å². The molecule has 0 bridgehead atoms. The van der Waals surface area contributed by atoms with Gasteiger partial charge in [0.05, 0.1) is 16.9 Å². The van der Waals surface area contributed by atoms with Crippen LogP contribution in [0.25, 0.3) is 6.08 Å². The number of thiocarbonyl (C=S) groups is 1. The molecule has 1 aliphatic heterocycles. The monoisotopic (exact) mass is 426 g/mol. The Bertz CT molecular complexity index is 854. The van der Waals surface area contributed by atoms with Crippen molar-refractivity contribution in [3.63, 3.8) is 0 Å². The lowest BCUT2D eigenvalue weighted by Gasteiger charge is -2.13. The SMILES string of the molecule is COc1cc(C=C2SC(=S)N(CCCCCC(=O)O)C2=O)cc([N+](=O)[O-])c1O. The zero-order valence-electron chi connectivity index (χ0n) is 14.9. The molecule has 1 aromatic carbocycles. The van der Waals surface area contributed by atoms with Crippen LogP contribution >= 0.6 is 24.0 Å². The van der Waals surface area contributed by atoms with Gasteiger partial charge >= 0.3 is 11.7 Å². The average molecular weight is 426 g/mol. The molecule has 1 fully saturated rings. The smallest absolute Gasteiger partial charge is 0.315 e. The van der Waals surface area contributed by atoms with E-state index in [0.717, 1.165) is 17.8 Å². The molecule has 0 saturated carbocycles. The minimum atomic E-state index is -0.855. The van der Waals surface area contributed by atoms with Gasteiger partial charge in [-0.2, -0.15) is 0 Å². The number of nitrogens with zero attached hydrogens (tertiary/aromatic N) is 2. The van der Waals surface area contributed by atoms with Gasteiger partial charge in [0.2, 0.25) is 5.75 Å². The number of hydrogen-bond acceptors (Lipinski definition) is 8. The predicted octanol–water partition coefficient (Wildman–Crippen LogP) is 3.16. The Balaban J connectivity index is 2.14. The molecule has 0 radical (unpaired) electrons. The van der Waals surface area contributed by atoms with Crippen molar-refractivity contribution in [2.24, 2.45) is 0 Å². The van der Waals surface area contributed by atoms with Gasteiger partial charge in [-0.25, -0.2) is 0 Å². The summed E-state index contributed by atoms with van der Waals surface area (Å²) in [5.41, 5.74) is -0.206. The lowest BCUT2D eigenvalue weighted by Crippen LogP contribution is -2.29. The molecule has 2 rings (SSSR count). The summed E-state index contributed by atoms with van der Waals surface area (Å²) in [4.78, 5) is 35.2. The summed E-state index contributed by atoms with van der Waals surface area (Å²) < 4.78 is 5.32. The number of hydrogen-bond donors (Lipinski definition) is 2. The Hall–Kier alpha value is -2.66. The van der Waals surface area contributed by atoms with Crippen LogP contribution in [0.1, 0.15) is 31.2 Å². The number of aliphatic carboxylic acids is 1. The van der Waals surface area contributed by atoms with Crippen molar-refractivity contribution in [3.8, 4) is 11.5 Å². The maximum Gasteiger partial charge on any atom is 0.315 e. The van der Waals surface area contributed by atoms with E-state index in [1.807, 2.05) is 0 Å². The number of carboxylic acid groups (broad SMARTS) is 1. The second-order valence-electron chi connectivity index (χ2n) is 5.89. The normalized spacial score (nSPS) is 15.3. The molecule has 150 valence electrons. The minimum Gasteiger partial charge on any atom is -0.500 e. The Morgan fingerprint density at radius 1 is 1.39 bits per heavy atom. The van der Waals surface area contributed by atoms with Crippen molar-refractivity contribution in [3.05, 3.63) is 32.7 Å². The first-order valence-electron chi connectivity index (χ1n) is 8.27. The molecule has 11 heteroatoms. The molecule has 28 heavy (non-hydrogen) atoms. The van der Waals surface area contributed by atoms with Gasteiger partial charge in [-0.05, 0) is 30.5 Å². The molecule has 1 amide bonds. The van der Waals surface area contributed by atoms with E-state index in [9.17, 15) is 24.8 Å². The van der Waals surface area contributed by atoms with E-state index in [1.54, 1.807) is 0 Å². The highest BCUT2D eigenvalue weighted by molar-refractivity contribution is 8.26. The number of phenols is 1. The number of thioether (sulfide) groups is 1. The quantitative estimate of drug-likeness (QED) is 0.201. The van der Waals surface area contributed by atoms with Gasteiger partial charge < -0.3 is 14.9 Å². The van der Waals surface area contributed by atoms with E-state index in [1.165, 1.54) is 24.2 Å². The molecule has 2 N–H and O–H groups in total. The number of carboxylic acids is 1. The van der Waals surface area contributed by atoms with Gasteiger partial charge in [0.1, 0.15) is 4.32 Å².